The van der Waals surface area contributed by atoms with Crippen LogP contribution in [-0.2, 0) is 14.6 Å². The standard InChI is InChI=1S/C17H14FN3O4S2/c1-27(23,24)14-8-2-11(3-9-14)16-20-17(26-21-16)19-15(22)10-25-13-6-4-12(18)5-7-13/h2-9H,10H2,1H3,(H,19,20,21,22). The number of carbonyl (C=O) groups excluding carboxylic acids is 1. The van der Waals surface area contributed by atoms with Crippen LogP contribution < -0.4 is 10.1 Å². The van der Waals surface area contributed by atoms with Crippen molar-refractivity contribution in [2.45, 2.75) is 4.90 Å². The second-order valence-electron chi connectivity index (χ2n) is 5.51. The Morgan fingerprint density at radius 1 is 1.15 bits per heavy atom. The van der Waals surface area contributed by atoms with E-state index in [1.165, 1.54) is 36.4 Å². The van der Waals surface area contributed by atoms with E-state index in [1.54, 1.807) is 12.1 Å². The number of carbonyl (C=O) groups is 1. The van der Waals surface area contributed by atoms with E-state index < -0.39 is 21.6 Å². The van der Waals surface area contributed by atoms with E-state index in [0.717, 1.165) is 17.8 Å². The van der Waals surface area contributed by atoms with Crippen molar-refractivity contribution >= 4 is 32.4 Å². The third-order valence-corrected chi connectivity index (χ3v) is 5.16. The summed E-state index contributed by atoms with van der Waals surface area (Å²) in [6.07, 6.45) is 1.13. The molecule has 0 aliphatic rings. The SMILES string of the molecule is CS(=O)(=O)c1ccc(-c2nsc(NC(=O)COc3ccc(F)cc3)n2)cc1. The van der Waals surface area contributed by atoms with Crippen LogP contribution in [0.4, 0.5) is 9.52 Å². The summed E-state index contributed by atoms with van der Waals surface area (Å²) in [5.74, 6) is -0.0857. The smallest absolute Gasteiger partial charge is 0.264 e. The first-order valence-corrected chi connectivity index (χ1v) is 10.3. The van der Waals surface area contributed by atoms with Gasteiger partial charge in [0.25, 0.3) is 5.91 Å². The summed E-state index contributed by atoms with van der Waals surface area (Å²) < 4.78 is 45.2. The quantitative estimate of drug-likeness (QED) is 0.675. The summed E-state index contributed by atoms with van der Waals surface area (Å²) in [5, 5.41) is 2.84. The normalized spacial score (nSPS) is 11.2. The Hall–Kier alpha value is -2.85. The molecule has 27 heavy (non-hydrogen) atoms. The summed E-state index contributed by atoms with van der Waals surface area (Å²) in [6, 6.07) is 11.5. The van der Waals surface area contributed by atoms with Crippen molar-refractivity contribution in [3.8, 4) is 17.1 Å². The maximum absolute atomic E-state index is 12.8. The summed E-state index contributed by atoms with van der Waals surface area (Å²) in [6.45, 7) is -0.260. The zero-order valence-electron chi connectivity index (χ0n) is 14.0. The molecule has 0 saturated carbocycles. The largest absolute Gasteiger partial charge is 0.484 e. The van der Waals surface area contributed by atoms with Crippen LogP contribution in [0, 0.1) is 5.82 Å². The molecule has 3 aromatic rings. The highest BCUT2D eigenvalue weighted by Crippen LogP contribution is 2.22. The molecular weight excluding hydrogens is 393 g/mol. The van der Waals surface area contributed by atoms with Gasteiger partial charge in [-0.05, 0) is 48.5 Å². The summed E-state index contributed by atoms with van der Waals surface area (Å²) in [7, 11) is -3.27. The number of anilines is 1. The Kier molecular flexibility index (Phi) is 5.47. The molecule has 0 spiro atoms. The van der Waals surface area contributed by atoms with E-state index in [2.05, 4.69) is 14.7 Å². The molecule has 7 nitrogen and oxygen atoms in total. The number of rotatable bonds is 6. The number of benzene rings is 2. The van der Waals surface area contributed by atoms with Gasteiger partial charge in [0.1, 0.15) is 11.6 Å². The fourth-order valence-electron chi connectivity index (χ4n) is 2.08. The van der Waals surface area contributed by atoms with Gasteiger partial charge in [0.2, 0.25) is 5.13 Å². The van der Waals surface area contributed by atoms with Crippen molar-refractivity contribution in [2.24, 2.45) is 0 Å². The second kappa shape index (κ2) is 7.80. The minimum absolute atomic E-state index is 0.202. The molecular formula is C17H14FN3O4S2. The first-order valence-electron chi connectivity index (χ1n) is 7.64. The first-order chi connectivity index (χ1) is 12.8. The number of hydrogen-bond donors (Lipinski definition) is 1. The Morgan fingerprint density at radius 3 is 2.44 bits per heavy atom. The van der Waals surface area contributed by atoms with E-state index in [-0.39, 0.29) is 16.6 Å². The average Bonchev–Trinajstić information content (AvgIpc) is 3.09. The van der Waals surface area contributed by atoms with Crippen molar-refractivity contribution in [1.82, 2.24) is 9.36 Å². The van der Waals surface area contributed by atoms with Gasteiger partial charge in [0, 0.05) is 23.4 Å². The van der Waals surface area contributed by atoms with Crippen LogP contribution in [-0.4, -0.2) is 36.5 Å². The number of amides is 1. The number of sulfone groups is 1. The van der Waals surface area contributed by atoms with E-state index >= 15 is 0 Å². The highest BCUT2D eigenvalue weighted by Gasteiger charge is 2.12. The van der Waals surface area contributed by atoms with Gasteiger partial charge >= 0.3 is 0 Å². The zero-order valence-corrected chi connectivity index (χ0v) is 15.7. The van der Waals surface area contributed by atoms with Gasteiger partial charge < -0.3 is 4.74 Å². The molecule has 10 heteroatoms. The zero-order chi connectivity index (χ0) is 19.4. The lowest BCUT2D eigenvalue weighted by atomic mass is 10.2. The van der Waals surface area contributed by atoms with Crippen LogP contribution in [0.25, 0.3) is 11.4 Å². The van der Waals surface area contributed by atoms with E-state index in [4.69, 9.17) is 4.74 Å². The van der Waals surface area contributed by atoms with Gasteiger partial charge in [-0.2, -0.15) is 9.36 Å². The third kappa shape index (κ3) is 5.08. The minimum Gasteiger partial charge on any atom is -0.484 e. The molecule has 0 saturated heterocycles. The maximum Gasteiger partial charge on any atom is 0.264 e. The number of hydrogen-bond acceptors (Lipinski definition) is 7. The first kappa shape index (κ1) is 18.9. The molecule has 0 aliphatic heterocycles. The molecule has 1 N–H and O–H groups in total. The number of aromatic nitrogens is 2. The average molecular weight is 407 g/mol. The fraction of sp³-hybridized carbons (Fsp3) is 0.118. The number of nitrogens with one attached hydrogen (secondary N) is 1. The summed E-state index contributed by atoms with van der Waals surface area (Å²) >= 11 is 0.990. The Morgan fingerprint density at radius 2 is 1.81 bits per heavy atom. The highest BCUT2D eigenvalue weighted by molar-refractivity contribution is 7.90. The molecule has 0 bridgehead atoms. The maximum atomic E-state index is 12.8. The van der Waals surface area contributed by atoms with Crippen molar-refractivity contribution < 1.29 is 22.3 Å². The lowest BCUT2D eigenvalue weighted by molar-refractivity contribution is -0.118. The molecule has 1 amide bonds. The molecule has 1 heterocycles. The van der Waals surface area contributed by atoms with Crippen LogP contribution in [0.2, 0.25) is 0 Å². The topological polar surface area (TPSA) is 98.2 Å². The van der Waals surface area contributed by atoms with Crippen LogP contribution in [0.5, 0.6) is 5.75 Å². The molecule has 2 aromatic carbocycles. The molecule has 0 unspecified atom stereocenters. The van der Waals surface area contributed by atoms with E-state index in [0.29, 0.717) is 17.1 Å². The van der Waals surface area contributed by atoms with Crippen LogP contribution in [0.1, 0.15) is 0 Å². The van der Waals surface area contributed by atoms with Gasteiger partial charge in [0.05, 0.1) is 4.90 Å². The Labute approximate surface area is 158 Å². The van der Waals surface area contributed by atoms with Crippen LogP contribution >= 0.6 is 11.5 Å². The number of nitrogens with zero attached hydrogens (tertiary/aromatic N) is 2. The van der Waals surface area contributed by atoms with Crippen molar-refractivity contribution in [3.05, 3.63) is 54.3 Å². The summed E-state index contributed by atoms with van der Waals surface area (Å²) in [4.78, 5) is 16.3. The Balaban J connectivity index is 1.60. The molecule has 0 atom stereocenters. The van der Waals surface area contributed by atoms with Crippen molar-refractivity contribution in [3.63, 3.8) is 0 Å². The van der Waals surface area contributed by atoms with Gasteiger partial charge in [-0.15, -0.1) is 0 Å². The molecule has 3 rings (SSSR count). The third-order valence-electron chi connectivity index (χ3n) is 3.40. The minimum atomic E-state index is -3.27. The van der Waals surface area contributed by atoms with Gasteiger partial charge in [-0.25, -0.2) is 12.8 Å². The number of ether oxygens (including phenoxy) is 1. The van der Waals surface area contributed by atoms with Gasteiger partial charge in [-0.3, -0.25) is 10.1 Å². The monoisotopic (exact) mass is 407 g/mol. The van der Waals surface area contributed by atoms with E-state index in [9.17, 15) is 17.6 Å². The molecule has 0 radical (unpaired) electrons. The molecule has 0 fully saturated rings. The van der Waals surface area contributed by atoms with Crippen molar-refractivity contribution in [1.29, 1.82) is 0 Å². The second-order valence-corrected chi connectivity index (χ2v) is 8.28. The fourth-order valence-corrected chi connectivity index (χ4v) is 3.31. The molecule has 140 valence electrons. The van der Waals surface area contributed by atoms with Gasteiger partial charge in [0.15, 0.2) is 22.3 Å². The number of halogens is 1. The predicted octanol–water partition coefficient (Wildman–Crippen LogP) is 2.77. The predicted molar refractivity (Wildman–Crippen MR) is 99.0 cm³/mol. The lowest BCUT2D eigenvalue weighted by Crippen LogP contribution is -2.20. The lowest BCUT2D eigenvalue weighted by Gasteiger charge is -2.05. The molecule has 0 aliphatic carbocycles. The Bertz CT molecular complexity index is 1050. The highest BCUT2D eigenvalue weighted by atomic mass is 32.2. The van der Waals surface area contributed by atoms with Crippen molar-refractivity contribution in [2.75, 3.05) is 18.2 Å². The van der Waals surface area contributed by atoms with E-state index in [1.807, 2.05) is 0 Å². The summed E-state index contributed by atoms with van der Waals surface area (Å²) in [5.41, 5.74) is 0.627. The molecule has 1 aromatic heterocycles. The van der Waals surface area contributed by atoms with Gasteiger partial charge in [-0.1, -0.05) is 0 Å². The van der Waals surface area contributed by atoms with Crippen LogP contribution in [0.3, 0.4) is 0 Å². The van der Waals surface area contributed by atoms with Crippen LogP contribution in [0.15, 0.2) is 53.4 Å².